The Hall–Kier alpha value is -1.29. The van der Waals surface area contributed by atoms with E-state index in [9.17, 15) is 0 Å². The van der Waals surface area contributed by atoms with Crippen LogP contribution in [0.25, 0.3) is 0 Å². The standard InChI is InChI=1S/C14H23N3O/c1-14(2,3)18-11-6-9-17(10-7-11)13-12(15)5-4-8-16-13/h4-5,8,11H,6-7,9-10,15H2,1-3H3. The van der Waals surface area contributed by atoms with E-state index in [2.05, 4.69) is 30.7 Å². The first kappa shape index (κ1) is 13.1. The van der Waals surface area contributed by atoms with Crippen molar-refractivity contribution in [1.29, 1.82) is 0 Å². The van der Waals surface area contributed by atoms with Gasteiger partial charge in [0.05, 0.1) is 17.4 Å². The van der Waals surface area contributed by atoms with Crippen LogP contribution in [0.1, 0.15) is 33.6 Å². The Morgan fingerprint density at radius 3 is 2.56 bits per heavy atom. The summed E-state index contributed by atoms with van der Waals surface area (Å²) in [5.41, 5.74) is 6.65. The molecule has 4 heteroatoms. The van der Waals surface area contributed by atoms with Crippen molar-refractivity contribution in [1.82, 2.24) is 4.98 Å². The van der Waals surface area contributed by atoms with Crippen molar-refractivity contribution >= 4 is 11.5 Å². The van der Waals surface area contributed by atoms with E-state index in [0.29, 0.717) is 6.10 Å². The summed E-state index contributed by atoms with van der Waals surface area (Å²) in [5.74, 6) is 0.909. The lowest BCUT2D eigenvalue weighted by atomic mass is 10.1. The molecule has 0 spiro atoms. The molecular formula is C14H23N3O. The fourth-order valence-corrected chi connectivity index (χ4v) is 2.36. The van der Waals surface area contributed by atoms with Gasteiger partial charge in [0.1, 0.15) is 0 Å². The third kappa shape index (κ3) is 3.35. The third-order valence-electron chi connectivity index (χ3n) is 3.08. The Balaban J connectivity index is 1.93. The summed E-state index contributed by atoms with van der Waals surface area (Å²) in [6, 6.07) is 3.77. The highest BCUT2D eigenvalue weighted by atomic mass is 16.5. The number of nitrogens with two attached hydrogens (primary N) is 1. The molecule has 1 aromatic heterocycles. The van der Waals surface area contributed by atoms with Crippen molar-refractivity contribution in [3.8, 4) is 0 Å². The third-order valence-corrected chi connectivity index (χ3v) is 3.08. The predicted octanol–water partition coefficient (Wildman–Crippen LogP) is 2.45. The molecule has 0 atom stereocenters. The van der Waals surface area contributed by atoms with Crippen LogP contribution >= 0.6 is 0 Å². The van der Waals surface area contributed by atoms with Crippen LogP contribution in [0.3, 0.4) is 0 Å². The van der Waals surface area contributed by atoms with Crippen LogP contribution in [0.4, 0.5) is 11.5 Å². The maximum Gasteiger partial charge on any atom is 0.151 e. The zero-order valence-electron chi connectivity index (χ0n) is 11.5. The lowest BCUT2D eigenvalue weighted by Gasteiger charge is -2.36. The van der Waals surface area contributed by atoms with E-state index in [1.165, 1.54) is 0 Å². The summed E-state index contributed by atoms with van der Waals surface area (Å²) in [4.78, 5) is 6.61. The predicted molar refractivity (Wildman–Crippen MR) is 74.7 cm³/mol. The molecule has 0 amide bonds. The number of hydrogen-bond acceptors (Lipinski definition) is 4. The number of ether oxygens (including phenoxy) is 1. The van der Waals surface area contributed by atoms with E-state index in [-0.39, 0.29) is 5.60 Å². The van der Waals surface area contributed by atoms with E-state index < -0.39 is 0 Å². The minimum atomic E-state index is -0.0587. The van der Waals surface area contributed by atoms with Crippen LogP contribution in [-0.2, 0) is 4.74 Å². The van der Waals surface area contributed by atoms with Gasteiger partial charge in [0.25, 0.3) is 0 Å². The van der Waals surface area contributed by atoms with Gasteiger partial charge in [0.2, 0.25) is 0 Å². The monoisotopic (exact) mass is 249 g/mol. The van der Waals surface area contributed by atoms with Gasteiger partial charge in [-0.1, -0.05) is 0 Å². The normalized spacial score (nSPS) is 18.1. The summed E-state index contributed by atoms with van der Waals surface area (Å²) < 4.78 is 6.01. The van der Waals surface area contributed by atoms with Gasteiger partial charge in [-0.3, -0.25) is 0 Å². The first-order valence-electron chi connectivity index (χ1n) is 6.59. The first-order valence-corrected chi connectivity index (χ1v) is 6.59. The molecule has 0 saturated carbocycles. The van der Waals surface area contributed by atoms with Gasteiger partial charge in [-0.05, 0) is 45.7 Å². The Labute approximate surface area is 109 Å². The molecule has 0 aliphatic carbocycles. The fourth-order valence-electron chi connectivity index (χ4n) is 2.36. The van der Waals surface area contributed by atoms with Crippen LogP contribution in [-0.4, -0.2) is 29.8 Å². The molecule has 1 aromatic rings. The molecule has 1 aliphatic heterocycles. The van der Waals surface area contributed by atoms with Crippen LogP contribution in [0.2, 0.25) is 0 Å². The molecule has 18 heavy (non-hydrogen) atoms. The Morgan fingerprint density at radius 1 is 1.33 bits per heavy atom. The lowest BCUT2D eigenvalue weighted by molar-refractivity contribution is -0.0683. The van der Waals surface area contributed by atoms with E-state index >= 15 is 0 Å². The molecule has 0 radical (unpaired) electrons. The average Bonchev–Trinajstić information content (AvgIpc) is 2.29. The Bertz CT molecular complexity index is 392. The number of pyridine rings is 1. The quantitative estimate of drug-likeness (QED) is 0.874. The van der Waals surface area contributed by atoms with Gasteiger partial charge in [-0.2, -0.15) is 0 Å². The number of piperidine rings is 1. The molecule has 1 fully saturated rings. The number of nitrogen functional groups attached to an aromatic ring is 1. The van der Waals surface area contributed by atoms with Gasteiger partial charge >= 0.3 is 0 Å². The van der Waals surface area contributed by atoms with Crippen molar-refractivity contribution in [2.45, 2.75) is 45.3 Å². The summed E-state index contributed by atoms with van der Waals surface area (Å²) in [7, 11) is 0. The van der Waals surface area contributed by atoms with Crippen molar-refractivity contribution in [2.24, 2.45) is 0 Å². The second-order valence-corrected chi connectivity index (χ2v) is 5.83. The highest BCUT2D eigenvalue weighted by Crippen LogP contribution is 2.26. The van der Waals surface area contributed by atoms with E-state index in [0.717, 1.165) is 37.4 Å². The second-order valence-electron chi connectivity index (χ2n) is 5.83. The smallest absolute Gasteiger partial charge is 0.151 e. The Kier molecular flexibility index (Phi) is 3.76. The summed E-state index contributed by atoms with van der Waals surface area (Å²) >= 11 is 0. The fraction of sp³-hybridized carbons (Fsp3) is 0.643. The first-order chi connectivity index (χ1) is 8.46. The van der Waals surface area contributed by atoms with E-state index in [1.807, 2.05) is 12.1 Å². The number of hydrogen-bond donors (Lipinski definition) is 1. The lowest BCUT2D eigenvalue weighted by Crippen LogP contribution is -2.40. The Morgan fingerprint density at radius 2 is 2.00 bits per heavy atom. The zero-order chi connectivity index (χ0) is 13.2. The molecule has 0 bridgehead atoms. The molecule has 0 aromatic carbocycles. The molecule has 100 valence electrons. The maximum atomic E-state index is 6.01. The number of anilines is 2. The van der Waals surface area contributed by atoms with Crippen LogP contribution < -0.4 is 10.6 Å². The molecule has 0 unspecified atom stereocenters. The largest absolute Gasteiger partial charge is 0.396 e. The summed E-state index contributed by atoms with van der Waals surface area (Å²) in [6.07, 6.45) is 4.22. The number of aromatic nitrogens is 1. The molecular weight excluding hydrogens is 226 g/mol. The molecule has 4 nitrogen and oxygen atoms in total. The highest BCUT2D eigenvalue weighted by Gasteiger charge is 2.25. The molecule has 1 saturated heterocycles. The number of rotatable bonds is 2. The average molecular weight is 249 g/mol. The van der Waals surface area contributed by atoms with E-state index in [4.69, 9.17) is 10.5 Å². The minimum Gasteiger partial charge on any atom is -0.396 e. The molecule has 2 rings (SSSR count). The van der Waals surface area contributed by atoms with Gasteiger partial charge in [0.15, 0.2) is 5.82 Å². The number of nitrogens with zero attached hydrogens (tertiary/aromatic N) is 2. The van der Waals surface area contributed by atoms with Crippen molar-refractivity contribution in [2.75, 3.05) is 23.7 Å². The summed E-state index contributed by atoms with van der Waals surface area (Å²) in [6.45, 7) is 8.24. The molecule has 2 heterocycles. The highest BCUT2D eigenvalue weighted by molar-refractivity contribution is 5.62. The van der Waals surface area contributed by atoms with Gasteiger partial charge in [-0.25, -0.2) is 4.98 Å². The minimum absolute atomic E-state index is 0.0587. The van der Waals surface area contributed by atoms with Gasteiger partial charge < -0.3 is 15.4 Å². The van der Waals surface area contributed by atoms with Crippen molar-refractivity contribution in [3.63, 3.8) is 0 Å². The van der Waals surface area contributed by atoms with E-state index in [1.54, 1.807) is 6.20 Å². The zero-order valence-corrected chi connectivity index (χ0v) is 11.5. The second kappa shape index (κ2) is 5.14. The van der Waals surface area contributed by atoms with Crippen LogP contribution in [0, 0.1) is 0 Å². The topological polar surface area (TPSA) is 51.4 Å². The SMILES string of the molecule is CC(C)(C)OC1CCN(c2ncccc2N)CC1. The van der Waals surface area contributed by atoms with Crippen molar-refractivity contribution < 1.29 is 4.74 Å². The van der Waals surface area contributed by atoms with Crippen LogP contribution in [0.15, 0.2) is 18.3 Å². The maximum absolute atomic E-state index is 6.01. The van der Waals surface area contributed by atoms with Crippen LogP contribution in [0.5, 0.6) is 0 Å². The van der Waals surface area contributed by atoms with Crippen molar-refractivity contribution in [3.05, 3.63) is 18.3 Å². The molecule has 1 aliphatic rings. The van der Waals surface area contributed by atoms with Gasteiger partial charge in [0, 0.05) is 19.3 Å². The van der Waals surface area contributed by atoms with Gasteiger partial charge in [-0.15, -0.1) is 0 Å². The molecule has 2 N–H and O–H groups in total. The summed E-state index contributed by atoms with van der Waals surface area (Å²) in [5, 5.41) is 0.